The van der Waals surface area contributed by atoms with Crippen molar-refractivity contribution in [3.8, 4) is 0 Å². The third-order valence-electron chi connectivity index (χ3n) is 3.01. The molecule has 0 amide bonds. The monoisotopic (exact) mass is 138 g/mol. The highest BCUT2D eigenvalue weighted by Gasteiger charge is 2.41. The summed E-state index contributed by atoms with van der Waals surface area (Å²) >= 11 is 0. The van der Waals surface area contributed by atoms with Crippen molar-refractivity contribution in [1.82, 2.24) is 10.2 Å². The molecule has 2 heteroatoms. The van der Waals surface area contributed by atoms with Gasteiger partial charge in [-0.25, -0.2) is 0 Å². The fourth-order valence-electron chi connectivity index (χ4n) is 2.29. The molecule has 3 heterocycles. The van der Waals surface area contributed by atoms with Gasteiger partial charge in [-0.15, -0.1) is 0 Å². The number of piperazine rings is 1. The zero-order valence-corrected chi connectivity index (χ0v) is 6.21. The molecule has 10 heavy (non-hydrogen) atoms. The quantitative estimate of drug-likeness (QED) is 0.556. The van der Waals surface area contributed by atoms with Crippen LogP contribution < -0.4 is 5.32 Å². The number of hydrogen-bond acceptors (Lipinski definition) is 2. The minimum absolute atomic E-state index is 0.861. The van der Waals surface area contributed by atoms with Gasteiger partial charge in [0.2, 0.25) is 0 Å². The summed E-state index contributed by atoms with van der Waals surface area (Å²) in [7, 11) is 0. The van der Waals surface area contributed by atoms with Crippen LogP contribution in [0.15, 0.2) is 0 Å². The van der Waals surface area contributed by atoms with Gasteiger partial charge in [0.1, 0.15) is 0 Å². The third-order valence-corrected chi connectivity index (χ3v) is 3.01. The van der Waals surface area contributed by atoms with E-state index in [1.54, 1.807) is 0 Å². The minimum Gasteiger partial charge on any atom is -0.309 e. The first kappa shape index (κ1) is 5.56. The van der Waals surface area contributed by atoms with Crippen LogP contribution in [0.5, 0.6) is 0 Å². The fraction of sp³-hybridized carbons (Fsp3) is 1.00. The van der Waals surface area contributed by atoms with Crippen LogP contribution in [-0.4, -0.2) is 36.1 Å². The van der Waals surface area contributed by atoms with Crippen LogP contribution in [0.4, 0.5) is 0 Å². The lowest BCUT2D eigenvalue weighted by Gasteiger charge is -2.48. The molecule has 1 aliphatic carbocycles. The molecule has 1 N–H and O–H groups in total. The van der Waals surface area contributed by atoms with Crippen LogP contribution in [-0.2, 0) is 0 Å². The molecule has 2 atom stereocenters. The van der Waals surface area contributed by atoms with E-state index in [1.165, 1.54) is 32.4 Å². The first-order valence-corrected chi connectivity index (χ1v) is 4.42. The summed E-state index contributed by atoms with van der Waals surface area (Å²) in [5.74, 6) is 0. The molecule has 1 saturated carbocycles. The van der Waals surface area contributed by atoms with E-state index in [9.17, 15) is 0 Å². The Morgan fingerprint density at radius 1 is 1.10 bits per heavy atom. The molecular formula is C8H14N2. The number of fused-ring (bicyclic) bond motifs is 2. The lowest BCUT2D eigenvalue weighted by atomic mass is 9.91. The summed E-state index contributed by atoms with van der Waals surface area (Å²) in [6.45, 7) is 2.67. The van der Waals surface area contributed by atoms with Crippen molar-refractivity contribution in [1.29, 1.82) is 0 Å². The van der Waals surface area contributed by atoms with Crippen molar-refractivity contribution >= 4 is 0 Å². The summed E-state index contributed by atoms with van der Waals surface area (Å²) in [5.41, 5.74) is 0. The first-order valence-electron chi connectivity index (χ1n) is 4.42. The molecule has 2 bridgehead atoms. The minimum atomic E-state index is 0.861. The molecule has 0 aromatic heterocycles. The summed E-state index contributed by atoms with van der Waals surface area (Å²) in [4.78, 5) is 2.68. The van der Waals surface area contributed by atoms with Crippen molar-refractivity contribution in [2.24, 2.45) is 0 Å². The van der Waals surface area contributed by atoms with Gasteiger partial charge in [0.05, 0.1) is 0 Å². The first-order chi connectivity index (χ1) is 4.92. The van der Waals surface area contributed by atoms with Gasteiger partial charge < -0.3 is 5.32 Å². The van der Waals surface area contributed by atoms with Crippen molar-refractivity contribution < 1.29 is 0 Å². The smallest absolute Gasteiger partial charge is 0.0213 e. The molecule has 56 valence electrons. The molecule has 0 spiro atoms. The molecule has 3 aliphatic heterocycles. The fourth-order valence-corrected chi connectivity index (χ4v) is 2.29. The zero-order chi connectivity index (χ0) is 6.55. The third kappa shape index (κ3) is 0.722. The van der Waals surface area contributed by atoms with E-state index >= 15 is 0 Å². The van der Waals surface area contributed by atoms with Crippen LogP contribution in [0.25, 0.3) is 0 Å². The summed E-state index contributed by atoms with van der Waals surface area (Å²) in [6.07, 6.45) is 4.39. The Balaban J connectivity index is 1.67. The lowest BCUT2D eigenvalue weighted by Crippen LogP contribution is -2.67. The van der Waals surface area contributed by atoms with Gasteiger partial charge in [-0.3, -0.25) is 4.90 Å². The van der Waals surface area contributed by atoms with Crippen LogP contribution in [0.3, 0.4) is 0 Å². The second kappa shape index (κ2) is 1.74. The SMILES string of the molecule is C1C2CN(C3CC3)CC1N2. The van der Waals surface area contributed by atoms with Crippen molar-refractivity contribution in [2.75, 3.05) is 13.1 Å². The number of nitrogens with zero attached hydrogens (tertiary/aromatic N) is 1. The Labute approximate surface area is 61.6 Å². The van der Waals surface area contributed by atoms with Gasteiger partial charge in [-0.05, 0) is 19.3 Å². The average Bonchev–Trinajstić information content (AvgIpc) is 2.67. The zero-order valence-electron chi connectivity index (χ0n) is 6.21. The highest BCUT2D eigenvalue weighted by atomic mass is 15.3. The van der Waals surface area contributed by atoms with E-state index < -0.39 is 0 Å². The standard InChI is InChI=1S/C8H14N2/c1-2-8(1)10-4-6-3-7(5-10)9-6/h6-9H,1-5H2. The van der Waals surface area contributed by atoms with Crippen LogP contribution >= 0.6 is 0 Å². The van der Waals surface area contributed by atoms with Crippen molar-refractivity contribution in [3.63, 3.8) is 0 Å². The normalized spacial score (nSPS) is 46.8. The van der Waals surface area contributed by atoms with E-state index in [0.717, 1.165) is 18.1 Å². The van der Waals surface area contributed by atoms with Gasteiger partial charge in [0, 0.05) is 31.2 Å². The van der Waals surface area contributed by atoms with Gasteiger partial charge in [-0.2, -0.15) is 0 Å². The molecule has 4 fully saturated rings. The van der Waals surface area contributed by atoms with Crippen LogP contribution in [0.1, 0.15) is 19.3 Å². The Hall–Kier alpha value is -0.0800. The highest BCUT2D eigenvalue weighted by molar-refractivity contribution is 5.01. The maximum absolute atomic E-state index is 3.55. The lowest BCUT2D eigenvalue weighted by molar-refractivity contribution is 0.0722. The molecule has 2 nitrogen and oxygen atoms in total. The molecule has 2 unspecified atom stereocenters. The second-order valence-electron chi connectivity index (χ2n) is 3.98. The molecule has 0 aromatic rings. The number of rotatable bonds is 1. The predicted octanol–water partition coefficient (Wildman–Crippen LogP) is 0.195. The Morgan fingerprint density at radius 3 is 2.20 bits per heavy atom. The molecule has 0 aromatic carbocycles. The highest BCUT2D eigenvalue weighted by Crippen LogP contribution is 2.32. The average molecular weight is 138 g/mol. The van der Waals surface area contributed by atoms with Crippen LogP contribution in [0.2, 0.25) is 0 Å². The van der Waals surface area contributed by atoms with Gasteiger partial charge >= 0.3 is 0 Å². The van der Waals surface area contributed by atoms with Gasteiger partial charge in [0.25, 0.3) is 0 Å². The van der Waals surface area contributed by atoms with E-state index in [1.807, 2.05) is 0 Å². The largest absolute Gasteiger partial charge is 0.309 e. The molecular weight excluding hydrogens is 124 g/mol. The molecule has 4 aliphatic rings. The Kier molecular flexibility index (Phi) is 0.968. The van der Waals surface area contributed by atoms with Gasteiger partial charge in [-0.1, -0.05) is 0 Å². The maximum Gasteiger partial charge on any atom is 0.0213 e. The summed E-state index contributed by atoms with van der Waals surface area (Å²) < 4.78 is 0. The Bertz CT molecular complexity index is 137. The van der Waals surface area contributed by atoms with E-state index in [2.05, 4.69) is 10.2 Å². The second-order valence-corrected chi connectivity index (χ2v) is 3.98. The molecule has 4 rings (SSSR count). The van der Waals surface area contributed by atoms with Crippen molar-refractivity contribution in [2.45, 2.75) is 37.4 Å². The Morgan fingerprint density at radius 2 is 1.70 bits per heavy atom. The van der Waals surface area contributed by atoms with E-state index in [0.29, 0.717) is 0 Å². The number of hydrogen-bond donors (Lipinski definition) is 1. The maximum atomic E-state index is 3.55. The van der Waals surface area contributed by atoms with E-state index in [-0.39, 0.29) is 0 Å². The molecule has 3 saturated heterocycles. The van der Waals surface area contributed by atoms with Crippen LogP contribution in [0, 0.1) is 0 Å². The van der Waals surface area contributed by atoms with E-state index in [4.69, 9.17) is 0 Å². The number of nitrogens with one attached hydrogen (secondary N) is 1. The van der Waals surface area contributed by atoms with Gasteiger partial charge in [0.15, 0.2) is 0 Å². The summed E-state index contributed by atoms with van der Waals surface area (Å²) in [5, 5.41) is 3.55. The molecule has 0 radical (unpaired) electrons. The topological polar surface area (TPSA) is 15.3 Å². The summed E-state index contributed by atoms with van der Waals surface area (Å²) in [6, 6.07) is 2.71. The number of piperidine rings is 1. The van der Waals surface area contributed by atoms with Crippen molar-refractivity contribution in [3.05, 3.63) is 0 Å². The predicted molar refractivity (Wildman–Crippen MR) is 39.9 cm³/mol.